The summed E-state index contributed by atoms with van der Waals surface area (Å²) in [6.45, 7) is 1.36. The lowest BCUT2D eigenvalue weighted by molar-refractivity contribution is 0.0516. The fraction of sp³-hybridized carbons (Fsp3) is 1.00. The van der Waals surface area contributed by atoms with Gasteiger partial charge < -0.3 is 0 Å². The van der Waals surface area contributed by atoms with Gasteiger partial charge in [-0.1, -0.05) is 0 Å². The van der Waals surface area contributed by atoms with Gasteiger partial charge in [-0.25, -0.2) is 0 Å². The van der Waals surface area contributed by atoms with Gasteiger partial charge in [0.25, 0.3) is 0 Å². The lowest BCUT2D eigenvalue weighted by atomic mass is 9.92. The smallest absolute Gasteiger partial charge is 0.0761 e. The van der Waals surface area contributed by atoms with E-state index in [0.717, 1.165) is 18.2 Å². The average Bonchev–Trinajstić information content (AvgIpc) is 2.43. The predicted octanol–water partition coefficient (Wildman–Crippen LogP) is 0.152. The zero-order valence-corrected chi connectivity index (χ0v) is 5.51. The van der Waals surface area contributed by atoms with Crippen molar-refractivity contribution < 1.29 is 0 Å². The minimum Gasteiger partial charge on any atom is -0.295 e. The normalized spacial score (nSPS) is 55.3. The number of nitrogens with one attached hydrogen (secondary N) is 1. The summed E-state index contributed by atoms with van der Waals surface area (Å²) in [6.07, 6.45) is 5.17. The Hall–Kier alpha value is -0.0800. The van der Waals surface area contributed by atoms with Crippen molar-refractivity contribution in [2.75, 3.05) is 6.54 Å². The van der Waals surface area contributed by atoms with Crippen molar-refractivity contribution in [2.24, 2.45) is 0 Å². The van der Waals surface area contributed by atoms with Crippen LogP contribution in [0.2, 0.25) is 0 Å². The highest BCUT2D eigenvalue weighted by atomic mass is 15.4. The minimum atomic E-state index is 0.817. The molecule has 3 fully saturated rings. The number of piperidine rings is 1. The average molecular weight is 124 g/mol. The molecule has 9 heavy (non-hydrogen) atoms. The maximum atomic E-state index is 3.49. The molecule has 3 atom stereocenters. The van der Waals surface area contributed by atoms with Crippen molar-refractivity contribution in [2.45, 2.75) is 37.5 Å². The molecule has 3 aliphatic rings. The van der Waals surface area contributed by atoms with E-state index in [9.17, 15) is 0 Å². The van der Waals surface area contributed by atoms with Gasteiger partial charge in [0, 0.05) is 18.6 Å². The molecule has 0 spiro atoms. The van der Waals surface area contributed by atoms with Crippen LogP contribution in [0.4, 0.5) is 0 Å². The molecule has 3 rings (SSSR count). The van der Waals surface area contributed by atoms with E-state index in [-0.39, 0.29) is 0 Å². The topological polar surface area (TPSA) is 25.2 Å². The highest BCUT2D eigenvalue weighted by Gasteiger charge is 2.50. The van der Waals surface area contributed by atoms with Crippen molar-refractivity contribution >= 4 is 0 Å². The summed E-state index contributed by atoms with van der Waals surface area (Å²) >= 11 is 0. The van der Waals surface area contributed by atoms with Gasteiger partial charge in [0.2, 0.25) is 0 Å². The molecule has 2 heteroatoms. The first kappa shape index (κ1) is 4.69. The van der Waals surface area contributed by atoms with Crippen molar-refractivity contribution in [3.63, 3.8) is 0 Å². The third-order valence-corrected chi connectivity index (χ3v) is 3.01. The van der Waals surface area contributed by atoms with Crippen LogP contribution in [0.25, 0.3) is 0 Å². The van der Waals surface area contributed by atoms with E-state index >= 15 is 0 Å². The lowest BCUT2D eigenvalue weighted by Crippen LogP contribution is -2.52. The maximum absolute atomic E-state index is 3.49. The number of rotatable bonds is 0. The molecule has 3 aliphatic heterocycles. The second kappa shape index (κ2) is 1.32. The van der Waals surface area contributed by atoms with Crippen LogP contribution >= 0.6 is 0 Å². The van der Waals surface area contributed by atoms with Crippen LogP contribution in [-0.4, -0.2) is 29.7 Å². The molecular weight excluding hydrogens is 112 g/mol. The molecule has 50 valence electrons. The van der Waals surface area contributed by atoms with Gasteiger partial charge in [-0.15, -0.1) is 0 Å². The Bertz CT molecular complexity index is 144. The monoisotopic (exact) mass is 124 g/mol. The first-order valence-electron chi connectivity index (χ1n) is 3.97. The molecule has 2 nitrogen and oxygen atoms in total. The van der Waals surface area contributed by atoms with Crippen LogP contribution in [0.5, 0.6) is 0 Å². The summed E-state index contributed by atoms with van der Waals surface area (Å²) in [5.41, 5.74) is 0. The van der Waals surface area contributed by atoms with Crippen molar-refractivity contribution in [1.29, 1.82) is 0 Å². The maximum Gasteiger partial charge on any atom is 0.0761 e. The van der Waals surface area contributed by atoms with Gasteiger partial charge in [0.1, 0.15) is 0 Å². The van der Waals surface area contributed by atoms with Crippen LogP contribution in [0, 0.1) is 0 Å². The summed E-state index contributed by atoms with van der Waals surface area (Å²) in [4.78, 5) is 2.62. The van der Waals surface area contributed by atoms with E-state index in [1.54, 1.807) is 0 Å². The van der Waals surface area contributed by atoms with E-state index in [1.165, 1.54) is 25.8 Å². The van der Waals surface area contributed by atoms with Gasteiger partial charge in [-0.3, -0.25) is 10.2 Å². The highest BCUT2D eigenvalue weighted by molar-refractivity contribution is 5.07. The predicted molar refractivity (Wildman–Crippen MR) is 35.1 cm³/mol. The second-order valence-corrected chi connectivity index (χ2v) is 3.48. The van der Waals surface area contributed by atoms with Crippen LogP contribution in [0.3, 0.4) is 0 Å². The van der Waals surface area contributed by atoms with E-state index < -0.39 is 0 Å². The van der Waals surface area contributed by atoms with E-state index in [1.807, 2.05) is 0 Å². The molecule has 0 aromatic heterocycles. The number of hydrogen-bond acceptors (Lipinski definition) is 2. The van der Waals surface area contributed by atoms with Gasteiger partial charge in [0.15, 0.2) is 0 Å². The Morgan fingerprint density at radius 1 is 1.22 bits per heavy atom. The Kier molecular flexibility index (Phi) is 0.691. The molecule has 0 aromatic rings. The van der Waals surface area contributed by atoms with E-state index in [0.29, 0.717) is 0 Å². The third kappa shape index (κ3) is 0.485. The minimum absolute atomic E-state index is 0.817. The van der Waals surface area contributed by atoms with Gasteiger partial charge >= 0.3 is 0 Å². The molecule has 0 amide bonds. The molecule has 1 N–H and O–H groups in total. The van der Waals surface area contributed by atoms with Crippen molar-refractivity contribution in [3.05, 3.63) is 0 Å². The number of hydrogen-bond donors (Lipinski definition) is 1. The molecule has 0 aromatic carbocycles. The fourth-order valence-corrected chi connectivity index (χ4v) is 2.24. The fourth-order valence-electron chi connectivity index (χ4n) is 2.24. The Morgan fingerprint density at radius 3 is 2.89 bits per heavy atom. The quantitative estimate of drug-likeness (QED) is 0.465. The summed E-state index contributed by atoms with van der Waals surface area (Å²) in [7, 11) is 0. The Labute approximate surface area is 55.2 Å². The molecule has 0 unspecified atom stereocenters. The van der Waals surface area contributed by atoms with Gasteiger partial charge in [-0.05, 0) is 19.3 Å². The van der Waals surface area contributed by atoms with E-state index in [2.05, 4.69) is 10.2 Å². The number of fused-ring (bicyclic) bond motifs is 3. The van der Waals surface area contributed by atoms with Crippen molar-refractivity contribution in [1.82, 2.24) is 10.2 Å². The second-order valence-electron chi connectivity index (χ2n) is 3.48. The molecular formula is C7H12N2. The van der Waals surface area contributed by atoms with Crippen LogP contribution < -0.4 is 5.32 Å². The SMILES string of the molecule is C1C[C@H]2N[C@H]2N2CC[C@@H]12. The molecule has 0 aliphatic carbocycles. The van der Waals surface area contributed by atoms with E-state index in [4.69, 9.17) is 0 Å². The third-order valence-electron chi connectivity index (χ3n) is 3.01. The standard InChI is InChI=1S/C7H12N2/c1-2-6-7(8-6)9-4-3-5(1)9/h5-8H,1-4H2/t5-,6-,7+/m1/s1. The Morgan fingerprint density at radius 2 is 2.22 bits per heavy atom. The zero-order chi connectivity index (χ0) is 5.84. The van der Waals surface area contributed by atoms with Gasteiger partial charge in [-0.2, -0.15) is 0 Å². The first-order chi connectivity index (χ1) is 4.45. The lowest BCUT2D eigenvalue weighted by Gasteiger charge is -2.43. The summed E-state index contributed by atoms with van der Waals surface area (Å²) in [5, 5.41) is 3.49. The molecule has 3 heterocycles. The molecule has 0 saturated carbocycles. The van der Waals surface area contributed by atoms with Crippen LogP contribution in [0.1, 0.15) is 19.3 Å². The van der Waals surface area contributed by atoms with Crippen LogP contribution in [0.15, 0.2) is 0 Å². The Balaban J connectivity index is 1.82. The number of nitrogens with zero attached hydrogens (tertiary/aromatic N) is 1. The van der Waals surface area contributed by atoms with Crippen LogP contribution in [-0.2, 0) is 0 Å². The van der Waals surface area contributed by atoms with Gasteiger partial charge in [0.05, 0.1) is 6.17 Å². The summed E-state index contributed by atoms with van der Waals surface area (Å²) in [6, 6.07) is 1.86. The molecule has 3 saturated heterocycles. The summed E-state index contributed by atoms with van der Waals surface area (Å²) in [5.74, 6) is 0. The molecule has 0 radical (unpaired) electrons. The molecule has 0 bridgehead atoms. The van der Waals surface area contributed by atoms with Crippen molar-refractivity contribution in [3.8, 4) is 0 Å². The first-order valence-corrected chi connectivity index (χ1v) is 3.97. The largest absolute Gasteiger partial charge is 0.295 e. The summed E-state index contributed by atoms with van der Waals surface area (Å²) < 4.78 is 0. The highest BCUT2D eigenvalue weighted by Crippen LogP contribution is 2.37. The zero-order valence-electron chi connectivity index (χ0n) is 5.51.